The number of likely N-dealkylation sites (tertiary alicyclic amines) is 1. The van der Waals surface area contributed by atoms with E-state index in [0.717, 1.165) is 6.42 Å². The van der Waals surface area contributed by atoms with Crippen LogP contribution in [0.25, 0.3) is 0 Å². The smallest absolute Gasteiger partial charge is 0.147 e. The van der Waals surface area contributed by atoms with Crippen LogP contribution in [0.4, 0.5) is 0 Å². The van der Waals surface area contributed by atoms with Crippen LogP contribution in [-0.4, -0.2) is 50.5 Å². The van der Waals surface area contributed by atoms with Crippen molar-refractivity contribution >= 4 is 27.5 Å². The van der Waals surface area contributed by atoms with Gasteiger partial charge in [0.1, 0.15) is 9.84 Å². The average Bonchev–Trinajstić information content (AvgIpc) is 2.30. The molecule has 1 saturated heterocycles. The number of unbranched alkanes of at least 4 members (excludes halogenated alkanes) is 1. The Kier molecular flexibility index (Phi) is 9.68. The highest BCUT2D eigenvalue weighted by atomic mass is 32.2. The Morgan fingerprint density at radius 1 is 1.24 bits per heavy atom. The minimum Gasteiger partial charge on any atom is -0.369 e. The number of hydrogen-bond donors (Lipinski definition) is 1. The van der Waals surface area contributed by atoms with Crippen molar-refractivity contribution in [3.63, 3.8) is 0 Å². The molecule has 0 radical (unpaired) electrons. The van der Waals surface area contributed by atoms with Crippen LogP contribution in [0.15, 0.2) is 0 Å². The quantitative estimate of drug-likeness (QED) is 0.605. The molecule has 0 amide bonds. The Morgan fingerprint density at radius 2 is 1.82 bits per heavy atom. The number of rotatable bonds is 5. The second-order valence-electron chi connectivity index (χ2n) is 4.33. The first-order valence-corrected chi connectivity index (χ1v) is 8.60. The summed E-state index contributed by atoms with van der Waals surface area (Å²) in [5, 5.41) is 0. The highest BCUT2D eigenvalue weighted by molar-refractivity contribution is 7.90. The van der Waals surface area contributed by atoms with Gasteiger partial charge in [-0.3, -0.25) is 0 Å². The van der Waals surface area contributed by atoms with Crippen molar-refractivity contribution in [2.45, 2.75) is 32.1 Å². The topological polar surface area (TPSA) is 63.4 Å². The lowest BCUT2D eigenvalue weighted by Gasteiger charge is -2.23. The van der Waals surface area contributed by atoms with Crippen molar-refractivity contribution < 1.29 is 8.42 Å². The number of nitrogens with two attached hydrogens (primary N) is 1. The largest absolute Gasteiger partial charge is 0.369 e. The molecule has 1 fully saturated rings. The van der Waals surface area contributed by atoms with Crippen LogP contribution in [0.3, 0.4) is 0 Å². The van der Waals surface area contributed by atoms with Gasteiger partial charge in [0.25, 0.3) is 0 Å². The third-order valence-corrected chi connectivity index (χ3v) is 3.84. The molecule has 1 aliphatic heterocycles. The molecule has 0 bridgehead atoms. The molecule has 0 unspecified atom stereocenters. The van der Waals surface area contributed by atoms with Crippen LogP contribution in [0.5, 0.6) is 0 Å². The van der Waals surface area contributed by atoms with Crippen molar-refractivity contribution in [1.29, 1.82) is 0 Å². The summed E-state index contributed by atoms with van der Waals surface area (Å²) in [5.74, 6) is 0.268. The number of hydrogen-bond acceptors (Lipinski definition) is 4. The van der Waals surface area contributed by atoms with Crippen LogP contribution in [-0.2, 0) is 9.84 Å². The molecule has 6 heteroatoms. The molecule has 0 aromatic rings. The fraction of sp³-hybridized carbons (Fsp3) is 0.909. The van der Waals surface area contributed by atoms with Gasteiger partial charge in [-0.1, -0.05) is 12.2 Å². The van der Waals surface area contributed by atoms with Gasteiger partial charge in [-0.2, -0.15) is 0 Å². The lowest BCUT2D eigenvalue weighted by molar-refractivity contribution is 0.355. The molecular weight excluding hydrogens is 256 g/mol. The molecule has 0 spiro atoms. The predicted molar refractivity (Wildman–Crippen MR) is 77.1 cm³/mol. The van der Waals surface area contributed by atoms with E-state index < -0.39 is 9.84 Å². The third-order valence-electron chi connectivity index (χ3n) is 2.51. The molecule has 0 saturated carbocycles. The van der Waals surface area contributed by atoms with Crippen molar-refractivity contribution in [1.82, 2.24) is 4.90 Å². The zero-order valence-electron chi connectivity index (χ0n) is 10.6. The van der Waals surface area contributed by atoms with E-state index in [9.17, 15) is 8.42 Å². The predicted octanol–water partition coefficient (Wildman–Crippen LogP) is 1.20. The van der Waals surface area contributed by atoms with Crippen molar-refractivity contribution in [3.05, 3.63) is 0 Å². The zero-order chi connectivity index (χ0) is 13.1. The van der Waals surface area contributed by atoms with E-state index in [4.69, 9.17) is 18.0 Å². The fourth-order valence-corrected chi connectivity index (χ4v) is 2.47. The molecule has 0 aliphatic carbocycles. The summed E-state index contributed by atoms with van der Waals surface area (Å²) in [6.45, 7) is 2.95. The summed E-state index contributed by atoms with van der Waals surface area (Å²) in [6, 6.07) is 0. The van der Waals surface area contributed by atoms with Gasteiger partial charge in [-0.25, -0.2) is 8.42 Å². The van der Waals surface area contributed by atoms with E-state index in [1.54, 1.807) is 5.49 Å². The monoisotopic (exact) mass is 280 g/mol. The van der Waals surface area contributed by atoms with Gasteiger partial charge in [0.15, 0.2) is 0 Å². The van der Waals surface area contributed by atoms with Crippen LogP contribution in [0.2, 0.25) is 0 Å². The van der Waals surface area contributed by atoms with Crippen LogP contribution >= 0.6 is 12.2 Å². The van der Waals surface area contributed by atoms with E-state index in [-0.39, 0.29) is 5.75 Å². The summed E-state index contributed by atoms with van der Waals surface area (Å²) >= 11 is 4.77. The van der Waals surface area contributed by atoms with E-state index in [1.807, 2.05) is 0 Å². The molecule has 1 aliphatic rings. The molecule has 4 nitrogen and oxygen atoms in total. The Balaban J connectivity index is 0.000000302. The van der Waals surface area contributed by atoms with E-state index in [2.05, 4.69) is 4.90 Å². The maximum atomic E-state index is 10.5. The number of thiocarbonyl (C=S) groups is 1. The third kappa shape index (κ3) is 12.1. The standard InChI is InChI=1S/C6H11NS.C5H13NO2S/c8-6-7-4-2-1-3-5-7;1-9(7,8)5-3-2-4-6/h6H,1-5H2;2-6H2,1H3. The average molecular weight is 280 g/mol. The van der Waals surface area contributed by atoms with Crippen LogP contribution < -0.4 is 5.73 Å². The second-order valence-corrected chi connectivity index (χ2v) is 6.80. The molecule has 0 atom stereocenters. The van der Waals surface area contributed by atoms with Crippen molar-refractivity contribution in [2.75, 3.05) is 31.6 Å². The summed E-state index contributed by atoms with van der Waals surface area (Å²) in [6.07, 6.45) is 6.77. The van der Waals surface area contributed by atoms with Gasteiger partial charge in [0.05, 0.1) is 5.49 Å². The highest BCUT2D eigenvalue weighted by Crippen LogP contribution is 2.05. The van der Waals surface area contributed by atoms with Crippen molar-refractivity contribution in [2.24, 2.45) is 5.73 Å². The van der Waals surface area contributed by atoms with Gasteiger partial charge in [0.2, 0.25) is 0 Å². The Labute approximate surface area is 110 Å². The molecule has 0 aromatic carbocycles. The lowest BCUT2D eigenvalue weighted by Crippen LogP contribution is -2.27. The minimum atomic E-state index is -2.75. The van der Waals surface area contributed by atoms with E-state index >= 15 is 0 Å². The highest BCUT2D eigenvalue weighted by Gasteiger charge is 2.03. The maximum absolute atomic E-state index is 10.5. The molecule has 1 rings (SSSR count). The van der Waals surface area contributed by atoms with Crippen LogP contribution in [0.1, 0.15) is 32.1 Å². The van der Waals surface area contributed by atoms with Gasteiger partial charge >= 0.3 is 0 Å². The second kappa shape index (κ2) is 9.79. The van der Waals surface area contributed by atoms with Crippen molar-refractivity contribution in [3.8, 4) is 0 Å². The first-order chi connectivity index (χ1) is 7.99. The number of nitrogens with zero attached hydrogens (tertiary/aromatic N) is 1. The first kappa shape index (κ1) is 16.8. The summed E-state index contributed by atoms with van der Waals surface area (Å²) in [7, 11) is -2.75. The molecule has 1 heterocycles. The molecular formula is C11H24N2O2S2. The Bertz CT molecular complexity index is 286. The maximum Gasteiger partial charge on any atom is 0.147 e. The SMILES string of the molecule is CS(=O)(=O)CCCCN.S=CN1CCCCC1. The first-order valence-electron chi connectivity index (χ1n) is 6.06. The minimum absolute atomic E-state index is 0.268. The number of sulfone groups is 1. The normalized spacial score (nSPS) is 16.0. The van der Waals surface area contributed by atoms with Crippen LogP contribution in [0, 0.1) is 0 Å². The van der Waals surface area contributed by atoms with Gasteiger partial charge < -0.3 is 10.6 Å². The zero-order valence-corrected chi connectivity index (χ0v) is 12.2. The Hall–Kier alpha value is -0.200. The van der Waals surface area contributed by atoms with Gasteiger partial charge in [-0.05, 0) is 38.6 Å². The molecule has 17 heavy (non-hydrogen) atoms. The summed E-state index contributed by atoms with van der Waals surface area (Å²) in [5.41, 5.74) is 6.94. The molecule has 0 aromatic heterocycles. The van der Waals surface area contributed by atoms with E-state index in [0.29, 0.717) is 13.0 Å². The Morgan fingerprint density at radius 3 is 2.18 bits per heavy atom. The van der Waals surface area contributed by atoms with Gasteiger partial charge in [-0.15, -0.1) is 0 Å². The lowest BCUT2D eigenvalue weighted by atomic mass is 10.1. The summed E-state index contributed by atoms with van der Waals surface area (Å²) < 4.78 is 20.9. The molecule has 2 N–H and O–H groups in total. The van der Waals surface area contributed by atoms with E-state index in [1.165, 1.54) is 38.6 Å². The van der Waals surface area contributed by atoms with Gasteiger partial charge in [0, 0.05) is 25.1 Å². The fourth-order valence-electron chi connectivity index (χ4n) is 1.53. The summed E-state index contributed by atoms with van der Waals surface area (Å²) in [4.78, 5) is 2.21. The molecule has 102 valence electrons. The number of piperidine rings is 1.